The zero-order valence-electron chi connectivity index (χ0n) is 8.62. The molecule has 0 bridgehead atoms. The van der Waals surface area contributed by atoms with Crippen molar-refractivity contribution < 1.29 is 18.6 Å². The highest BCUT2D eigenvalue weighted by Crippen LogP contribution is 2.33. The van der Waals surface area contributed by atoms with Gasteiger partial charge in [0.15, 0.2) is 0 Å². The number of aliphatic hydroxyl groups is 1. The van der Waals surface area contributed by atoms with Gasteiger partial charge in [-0.1, -0.05) is 12.1 Å². The van der Waals surface area contributed by atoms with Crippen LogP contribution < -0.4 is 10.5 Å². The van der Waals surface area contributed by atoms with E-state index in [0.29, 0.717) is 18.6 Å². The molecule has 0 radical (unpaired) electrons. The lowest BCUT2D eigenvalue weighted by Gasteiger charge is -2.22. The van der Waals surface area contributed by atoms with Gasteiger partial charge in [-0.2, -0.15) is 0 Å². The Labute approximate surface area is 91.8 Å². The zero-order valence-corrected chi connectivity index (χ0v) is 8.62. The average Bonchev–Trinajstić information content (AvgIpc) is 2.74. The fourth-order valence-electron chi connectivity index (χ4n) is 1.74. The van der Waals surface area contributed by atoms with Crippen molar-refractivity contribution in [3.05, 3.63) is 29.3 Å². The van der Waals surface area contributed by atoms with E-state index in [1.165, 1.54) is 6.07 Å². The monoisotopic (exact) mass is 229 g/mol. The predicted molar refractivity (Wildman–Crippen MR) is 54.6 cm³/mol. The molecule has 5 heteroatoms. The lowest BCUT2D eigenvalue weighted by molar-refractivity contribution is -0.0711. The van der Waals surface area contributed by atoms with Crippen molar-refractivity contribution in [3.8, 4) is 5.75 Å². The summed E-state index contributed by atoms with van der Waals surface area (Å²) in [6, 6.07) is 3.29. The molecular formula is C11H13F2NO2. The minimum atomic E-state index is -3.30. The van der Waals surface area contributed by atoms with E-state index in [9.17, 15) is 8.78 Å². The third-order valence-electron chi connectivity index (χ3n) is 2.74. The van der Waals surface area contributed by atoms with Gasteiger partial charge in [0, 0.05) is 6.42 Å². The first-order valence-corrected chi connectivity index (χ1v) is 5.04. The van der Waals surface area contributed by atoms with E-state index < -0.39 is 18.6 Å². The highest BCUT2D eigenvalue weighted by molar-refractivity contribution is 5.41. The maximum absolute atomic E-state index is 13.2. The van der Waals surface area contributed by atoms with E-state index in [0.717, 1.165) is 11.3 Å². The first-order chi connectivity index (χ1) is 7.54. The lowest BCUT2D eigenvalue weighted by Crippen LogP contribution is -2.36. The van der Waals surface area contributed by atoms with E-state index in [1.54, 1.807) is 12.1 Å². The van der Waals surface area contributed by atoms with Crippen molar-refractivity contribution in [2.45, 2.75) is 18.4 Å². The first kappa shape index (κ1) is 11.3. The predicted octanol–water partition coefficient (Wildman–Crippen LogP) is 1.25. The van der Waals surface area contributed by atoms with Crippen molar-refractivity contribution >= 4 is 0 Å². The SMILES string of the molecule is N[C@@H](c1ccc2c(c1)CCO2)C(F)(F)CO. The highest BCUT2D eigenvalue weighted by atomic mass is 19.3. The van der Waals surface area contributed by atoms with Gasteiger partial charge in [-0.05, 0) is 17.2 Å². The minimum absolute atomic E-state index is 0.323. The molecule has 88 valence electrons. The molecule has 0 spiro atoms. The molecule has 1 aliphatic heterocycles. The fourth-order valence-corrected chi connectivity index (χ4v) is 1.74. The summed E-state index contributed by atoms with van der Waals surface area (Å²) in [6.07, 6.45) is 0.709. The number of nitrogens with two attached hydrogens (primary N) is 1. The van der Waals surface area contributed by atoms with Crippen LogP contribution in [-0.2, 0) is 6.42 Å². The second kappa shape index (κ2) is 3.99. The Morgan fingerprint density at radius 2 is 2.25 bits per heavy atom. The maximum Gasteiger partial charge on any atom is 0.289 e. The summed E-state index contributed by atoms with van der Waals surface area (Å²) in [5.41, 5.74) is 6.64. The van der Waals surface area contributed by atoms with E-state index in [-0.39, 0.29) is 0 Å². The number of benzene rings is 1. The number of hydrogen-bond donors (Lipinski definition) is 2. The summed E-state index contributed by atoms with van der Waals surface area (Å²) >= 11 is 0. The minimum Gasteiger partial charge on any atom is -0.493 e. The number of aliphatic hydroxyl groups excluding tert-OH is 1. The molecule has 3 N–H and O–H groups in total. The van der Waals surface area contributed by atoms with Crippen LogP contribution in [0, 0.1) is 0 Å². The molecule has 0 fully saturated rings. The third-order valence-corrected chi connectivity index (χ3v) is 2.74. The van der Waals surface area contributed by atoms with Crippen LogP contribution >= 0.6 is 0 Å². The Bertz CT molecular complexity index is 396. The second-order valence-corrected chi connectivity index (χ2v) is 3.86. The van der Waals surface area contributed by atoms with E-state index >= 15 is 0 Å². The molecule has 1 atom stereocenters. The summed E-state index contributed by atoms with van der Waals surface area (Å²) in [4.78, 5) is 0. The number of rotatable bonds is 3. The molecule has 0 amide bonds. The van der Waals surface area contributed by atoms with Gasteiger partial charge in [0.25, 0.3) is 5.92 Å². The van der Waals surface area contributed by atoms with Crippen molar-refractivity contribution in [3.63, 3.8) is 0 Å². The van der Waals surface area contributed by atoms with Crippen LogP contribution in [0.2, 0.25) is 0 Å². The van der Waals surface area contributed by atoms with Gasteiger partial charge in [0.1, 0.15) is 12.4 Å². The highest BCUT2D eigenvalue weighted by Gasteiger charge is 2.37. The number of halogens is 2. The van der Waals surface area contributed by atoms with Crippen LogP contribution in [-0.4, -0.2) is 24.2 Å². The van der Waals surface area contributed by atoms with Gasteiger partial charge < -0.3 is 15.6 Å². The Hall–Kier alpha value is -1.20. The quantitative estimate of drug-likeness (QED) is 0.820. The summed E-state index contributed by atoms with van der Waals surface area (Å²) in [5.74, 6) is -2.57. The fraction of sp³-hybridized carbons (Fsp3) is 0.455. The first-order valence-electron chi connectivity index (χ1n) is 5.04. The molecule has 2 rings (SSSR count). The van der Waals surface area contributed by atoms with E-state index in [1.807, 2.05) is 0 Å². The molecule has 0 aliphatic carbocycles. The lowest BCUT2D eigenvalue weighted by atomic mass is 9.99. The van der Waals surface area contributed by atoms with Crippen molar-refractivity contribution in [1.29, 1.82) is 0 Å². The molecule has 1 aliphatic rings. The molecule has 0 unspecified atom stereocenters. The Kier molecular flexibility index (Phi) is 2.82. The average molecular weight is 229 g/mol. The van der Waals surface area contributed by atoms with Gasteiger partial charge in [0.05, 0.1) is 12.6 Å². The molecule has 1 aromatic rings. The van der Waals surface area contributed by atoms with Crippen LogP contribution in [0.1, 0.15) is 17.2 Å². The van der Waals surface area contributed by atoms with Crippen molar-refractivity contribution in [2.24, 2.45) is 5.73 Å². The summed E-state index contributed by atoms with van der Waals surface area (Å²) in [5, 5.41) is 8.56. The standard InChI is InChI=1S/C11H13F2NO2/c12-11(13,6-15)10(14)8-1-2-9-7(5-8)3-4-16-9/h1-2,5,10,15H,3-4,6,14H2/t10-/m0/s1. The summed E-state index contributed by atoms with van der Waals surface area (Å²) in [7, 11) is 0. The normalized spacial score (nSPS) is 16.8. The number of hydrogen-bond acceptors (Lipinski definition) is 3. The Morgan fingerprint density at radius 3 is 2.94 bits per heavy atom. The molecular weight excluding hydrogens is 216 g/mol. The van der Waals surface area contributed by atoms with E-state index in [2.05, 4.69) is 0 Å². The van der Waals surface area contributed by atoms with Crippen LogP contribution in [0.25, 0.3) is 0 Å². The zero-order chi connectivity index (χ0) is 11.8. The molecule has 16 heavy (non-hydrogen) atoms. The molecule has 0 saturated heterocycles. The largest absolute Gasteiger partial charge is 0.493 e. The van der Waals surface area contributed by atoms with Gasteiger partial charge in [-0.15, -0.1) is 0 Å². The van der Waals surface area contributed by atoms with Crippen molar-refractivity contribution in [1.82, 2.24) is 0 Å². The number of alkyl halides is 2. The topological polar surface area (TPSA) is 55.5 Å². The van der Waals surface area contributed by atoms with Crippen molar-refractivity contribution in [2.75, 3.05) is 13.2 Å². The van der Waals surface area contributed by atoms with Crippen LogP contribution in [0.3, 0.4) is 0 Å². The summed E-state index contributed by atoms with van der Waals surface area (Å²) < 4.78 is 31.6. The molecule has 1 aromatic carbocycles. The van der Waals surface area contributed by atoms with Gasteiger partial charge in [-0.3, -0.25) is 0 Å². The number of fused-ring (bicyclic) bond motifs is 1. The van der Waals surface area contributed by atoms with Gasteiger partial charge in [-0.25, -0.2) is 8.78 Å². The number of ether oxygens (including phenoxy) is 1. The smallest absolute Gasteiger partial charge is 0.289 e. The summed E-state index contributed by atoms with van der Waals surface area (Å²) in [6.45, 7) is -0.674. The molecule has 0 saturated carbocycles. The molecule has 1 heterocycles. The second-order valence-electron chi connectivity index (χ2n) is 3.86. The molecule has 0 aromatic heterocycles. The van der Waals surface area contributed by atoms with Crippen LogP contribution in [0.15, 0.2) is 18.2 Å². The van der Waals surface area contributed by atoms with Crippen LogP contribution in [0.5, 0.6) is 5.75 Å². The molecule has 3 nitrogen and oxygen atoms in total. The van der Waals surface area contributed by atoms with Gasteiger partial charge in [0.2, 0.25) is 0 Å². The van der Waals surface area contributed by atoms with E-state index in [4.69, 9.17) is 15.6 Å². The maximum atomic E-state index is 13.2. The third kappa shape index (κ3) is 1.88. The Balaban J connectivity index is 2.28. The van der Waals surface area contributed by atoms with Gasteiger partial charge >= 0.3 is 0 Å². The Morgan fingerprint density at radius 1 is 1.50 bits per heavy atom. The van der Waals surface area contributed by atoms with Crippen LogP contribution in [0.4, 0.5) is 8.78 Å².